The largest absolute Gasteiger partial charge is 0.271 e. The van der Waals surface area contributed by atoms with Crippen molar-refractivity contribution in [3.05, 3.63) is 20.8 Å². The third kappa shape index (κ3) is 4.64. The summed E-state index contributed by atoms with van der Waals surface area (Å²) in [5.41, 5.74) is 4.53. The topological polar surface area (TPSA) is 38.0 Å². The summed E-state index contributed by atoms with van der Waals surface area (Å²) in [5, 5.41) is 2.15. The maximum absolute atomic E-state index is 5.58. The number of nitrogens with one attached hydrogen (secondary N) is 1. The quantitative estimate of drug-likeness (QED) is 0.653. The third-order valence-corrected chi connectivity index (χ3v) is 3.90. The van der Waals surface area contributed by atoms with Gasteiger partial charge in [-0.1, -0.05) is 20.8 Å². The molecule has 1 aromatic rings. The number of hydrogen-bond acceptors (Lipinski definition) is 3. The zero-order valence-corrected chi connectivity index (χ0v) is 11.9. The van der Waals surface area contributed by atoms with Gasteiger partial charge in [0.1, 0.15) is 0 Å². The van der Waals surface area contributed by atoms with Crippen LogP contribution in [0, 0.1) is 5.41 Å². The van der Waals surface area contributed by atoms with Crippen molar-refractivity contribution in [2.45, 2.75) is 39.7 Å². The van der Waals surface area contributed by atoms with E-state index in [2.05, 4.69) is 53.6 Å². The highest BCUT2D eigenvalue weighted by atomic mass is 79.9. The SMILES string of the molecule is CC(C)(C)CCC(NN)c1csc(Br)c1. The Balaban J connectivity index is 2.57. The van der Waals surface area contributed by atoms with Gasteiger partial charge in [0.15, 0.2) is 0 Å². The molecule has 0 saturated carbocycles. The molecule has 0 saturated heterocycles. The van der Waals surface area contributed by atoms with E-state index in [1.165, 1.54) is 5.56 Å². The Labute approximate surface area is 104 Å². The number of nitrogens with two attached hydrogens (primary N) is 1. The van der Waals surface area contributed by atoms with Crippen molar-refractivity contribution in [1.29, 1.82) is 0 Å². The number of hydrazine groups is 1. The lowest BCUT2D eigenvalue weighted by Gasteiger charge is -2.22. The van der Waals surface area contributed by atoms with Crippen molar-refractivity contribution >= 4 is 27.3 Å². The zero-order valence-electron chi connectivity index (χ0n) is 9.51. The predicted octanol–water partition coefficient (Wildman–Crippen LogP) is 3.84. The van der Waals surface area contributed by atoms with E-state index in [0.29, 0.717) is 5.41 Å². The molecule has 1 atom stereocenters. The van der Waals surface area contributed by atoms with Crippen LogP contribution in [0.15, 0.2) is 15.2 Å². The summed E-state index contributed by atoms with van der Waals surface area (Å²) in [6, 6.07) is 2.41. The Kier molecular flexibility index (Phi) is 4.77. The van der Waals surface area contributed by atoms with Crippen LogP contribution in [0.4, 0.5) is 0 Å². The third-order valence-electron chi connectivity index (χ3n) is 2.37. The minimum Gasteiger partial charge on any atom is -0.271 e. The van der Waals surface area contributed by atoms with E-state index >= 15 is 0 Å². The highest BCUT2D eigenvalue weighted by Crippen LogP contribution is 2.30. The molecule has 0 aromatic carbocycles. The highest BCUT2D eigenvalue weighted by Gasteiger charge is 2.16. The maximum atomic E-state index is 5.58. The lowest BCUT2D eigenvalue weighted by Crippen LogP contribution is -2.28. The fourth-order valence-electron chi connectivity index (χ4n) is 1.43. The molecule has 15 heavy (non-hydrogen) atoms. The Bertz CT molecular complexity index is 304. The Morgan fingerprint density at radius 2 is 2.20 bits per heavy atom. The minimum absolute atomic E-state index is 0.270. The summed E-state index contributed by atoms with van der Waals surface area (Å²) in [6.07, 6.45) is 2.23. The van der Waals surface area contributed by atoms with E-state index < -0.39 is 0 Å². The minimum atomic E-state index is 0.270. The van der Waals surface area contributed by atoms with E-state index in [1.54, 1.807) is 11.3 Å². The summed E-state index contributed by atoms with van der Waals surface area (Å²) in [5.74, 6) is 5.58. The maximum Gasteiger partial charge on any atom is 0.0701 e. The lowest BCUT2D eigenvalue weighted by molar-refractivity contribution is 0.333. The standard InChI is InChI=1S/C11H19BrN2S/c1-11(2,3)5-4-9(14-13)8-6-10(12)15-7-8/h6-7,9,14H,4-5,13H2,1-3H3. The van der Waals surface area contributed by atoms with Crippen LogP contribution in [-0.4, -0.2) is 0 Å². The molecule has 86 valence electrons. The molecule has 0 amide bonds. The zero-order chi connectivity index (χ0) is 11.5. The van der Waals surface area contributed by atoms with Crippen LogP contribution in [-0.2, 0) is 0 Å². The van der Waals surface area contributed by atoms with Crippen LogP contribution in [0.5, 0.6) is 0 Å². The highest BCUT2D eigenvalue weighted by molar-refractivity contribution is 9.11. The van der Waals surface area contributed by atoms with Gasteiger partial charge in [0.05, 0.1) is 3.79 Å². The van der Waals surface area contributed by atoms with Crippen LogP contribution in [0.1, 0.15) is 45.2 Å². The van der Waals surface area contributed by atoms with Gasteiger partial charge >= 0.3 is 0 Å². The predicted molar refractivity (Wildman–Crippen MR) is 70.8 cm³/mol. The van der Waals surface area contributed by atoms with Crippen LogP contribution >= 0.6 is 27.3 Å². The molecular formula is C11H19BrN2S. The molecule has 1 aromatic heterocycles. The van der Waals surface area contributed by atoms with E-state index in [1.807, 2.05) is 0 Å². The second kappa shape index (κ2) is 5.43. The summed E-state index contributed by atoms with van der Waals surface area (Å²) in [4.78, 5) is 0. The van der Waals surface area contributed by atoms with E-state index in [9.17, 15) is 0 Å². The first-order valence-electron chi connectivity index (χ1n) is 5.12. The normalized spacial score (nSPS) is 14.2. The van der Waals surface area contributed by atoms with Crippen molar-refractivity contribution in [3.8, 4) is 0 Å². The van der Waals surface area contributed by atoms with Crippen molar-refractivity contribution < 1.29 is 0 Å². The van der Waals surface area contributed by atoms with Gasteiger partial charge in [0.2, 0.25) is 0 Å². The van der Waals surface area contributed by atoms with Crippen LogP contribution in [0.25, 0.3) is 0 Å². The summed E-state index contributed by atoms with van der Waals surface area (Å²) < 4.78 is 1.16. The van der Waals surface area contributed by atoms with Gasteiger partial charge in [0, 0.05) is 6.04 Å². The van der Waals surface area contributed by atoms with E-state index in [4.69, 9.17) is 5.84 Å². The van der Waals surface area contributed by atoms with Gasteiger partial charge in [-0.15, -0.1) is 11.3 Å². The van der Waals surface area contributed by atoms with Gasteiger partial charge in [-0.05, 0) is 51.2 Å². The van der Waals surface area contributed by atoms with Crippen molar-refractivity contribution in [2.75, 3.05) is 0 Å². The second-order valence-corrected chi connectivity index (χ2v) is 7.29. The van der Waals surface area contributed by atoms with Gasteiger partial charge in [0.25, 0.3) is 0 Å². The van der Waals surface area contributed by atoms with E-state index in [0.717, 1.165) is 16.6 Å². The molecule has 0 fully saturated rings. The van der Waals surface area contributed by atoms with Gasteiger partial charge in [-0.25, -0.2) is 0 Å². The Hall–Kier alpha value is 0.100. The average molecular weight is 291 g/mol. The molecule has 1 rings (SSSR count). The molecule has 0 aliphatic heterocycles. The average Bonchev–Trinajstić information content (AvgIpc) is 2.51. The van der Waals surface area contributed by atoms with Crippen LogP contribution in [0.3, 0.4) is 0 Å². The lowest BCUT2D eigenvalue weighted by atomic mass is 9.88. The summed E-state index contributed by atoms with van der Waals surface area (Å²) in [6.45, 7) is 6.76. The van der Waals surface area contributed by atoms with Crippen LogP contribution in [0.2, 0.25) is 0 Å². The van der Waals surface area contributed by atoms with Gasteiger partial charge in [-0.3, -0.25) is 11.3 Å². The first-order chi connectivity index (χ1) is 6.92. The summed E-state index contributed by atoms with van der Waals surface area (Å²) >= 11 is 5.17. The van der Waals surface area contributed by atoms with Crippen molar-refractivity contribution in [1.82, 2.24) is 5.43 Å². The molecule has 0 aliphatic rings. The van der Waals surface area contributed by atoms with Gasteiger partial charge < -0.3 is 0 Å². The number of halogens is 1. The fraction of sp³-hybridized carbons (Fsp3) is 0.636. The smallest absolute Gasteiger partial charge is 0.0701 e. The fourth-order valence-corrected chi connectivity index (χ4v) is 2.66. The molecular weight excluding hydrogens is 272 g/mol. The number of thiophene rings is 1. The number of rotatable bonds is 4. The second-order valence-electron chi connectivity index (χ2n) is 5.00. The van der Waals surface area contributed by atoms with Crippen molar-refractivity contribution in [2.24, 2.45) is 11.3 Å². The van der Waals surface area contributed by atoms with Crippen molar-refractivity contribution in [3.63, 3.8) is 0 Å². The number of hydrogen-bond donors (Lipinski definition) is 2. The van der Waals surface area contributed by atoms with E-state index in [-0.39, 0.29) is 6.04 Å². The molecule has 0 spiro atoms. The Morgan fingerprint density at radius 3 is 2.60 bits per heavy atom. The van der Waals surface area contributed by atoms with Crippen LogP contribution < -0.4 is 11.3 Å². The molecule has 1 unspecified atom stereocenters. The van der Waals surface area contributed by atoms with Gasteiger partial charge in [-0.2, -0.15) is 0 Å². The first kappa shape index (κ1) is 13.2. The first-order valence-corrected chi connectivity index (χ1v) is 6.80. The monoisotopic (exact) mass is 290 g/mol. The molecule has 0 bridgehead atoms. The molecule has 2 nitrogen and oxygen atoms in total. The summed E-state index contributed by atoms with van der Waals surface area (Å²) in [7, 11) is 0. The molecule has 4 heteroatoms. The Morgan fingerprint density at radius 1 is 1.53 bits per heavy atom. The molecule has 3 N–H and O–H groups in total. The molecule has 1 heterocycles. The molecule has 0 radical (unpaired) electrons. The molecule has 0 aliphatic carbocycles.